The van der Waals surface area contributed by atoms with Crippen LogP contribution in [-0.2, 0) is 24.8 Å². The highest BCUT2D eigenvalue weighted by Gasteiger charge is 2.29. The van der Waals surface area contributed by atoms with Gasteiger partial charge in [-0.2, -0.15) is 0 Å². The smallest absolute Gasteiger partial charge is 0.264 e. The normalized spacial score (nSPS) is 11.6. The molecule has 0 fully saturated rings. The summed E-state index contributed by atoms with van der Waals surface area (Å²) in [6.45, 7) is 4.88. The number of nitrogens with zero attached hydrogens (tertiary/aromatic N) is 1. The van der Waals surface area contributed by atoms with Crippen LogP contribution in [-0.4, -0.2) is 29.3 Å². The Bertz CT molecular complexity index is 1760. The molecule has 40 heavy (non-hydrogen) atoms. The molecule has 0 spiro atoms. The Morgan fingerprint density at radius 1 is 0.800 bits per heavy atom. The number of hydrogen-bond acceptors (Lipinski definition) is 5. The number of amides is 1. The van der Waals surface area contributed by atoms with E-state index in [1.807, 2.05) is 26.0 Å². The predicted molar refractivity (Wildman–Crippen MR) is 159 cm³/mol. The van der Waals surface area contributed by atoms with Gasteiger partial charge in [-0.05, 0) is 86.5 Å². The van der Waals surface area contributed by atoms with Crippen molar-refractivity contribution >= 4 is 54.6 Å². The summed E-state index contributed by atoms with van der Waals surface area (Å²) in [5.41, 5.74) is 3.35. The van der Waals surface area contributed by atoms with Crippen molar-refractivity contribution in [2.45, 2.75) is 30.6 Å². The van der Waals surface area contributed by atoms with E-state index in [0.29, 0.717) is 22.0 Å². The largest absolute Gasteiger partial charge is 0.325 e. The Morgan fingerprint density at radius 2 is 1.48 bits per heavy atom. The van der Waals surface area contributed by atoms with Crippen LogP contribution >= 0.6 is 11.6 Å². The molecule has 1 amide bonds. The van der Waals surface area contributed by atoms with Crippen LogP contribution in [0, 0.1) is 20.8 Å². The third-order valence-corrected chi connectivity index (χ3v) is 9.77. The van der Waals surface area contributed by atoms with Crippen LogP contribution in [0.3, 0.4) is 0 Å². The standard InChI is InChI=1S/C29H28ClN3O5S2/c1-20-12-17-27(21(2)18-20)32-39(35,36)24-15-13-23(14-16-24)31-29(34)19-33(28-11-7-10-26(30)22(28)3)40(37,38)25-8-5-4-6-9-25/h4-18,32H,19H2,1-3H3,(H,31,34). The van der Waals surface area contributed by atoms with E-state index in [2.05, 4.69) is 10.0 Å². The van der Waals surface area contributed by atoms with Gasteiger partial charge in [0.1, 0.15) is 6.54 Å². The summed E-state index contributed by atoms with van der Waals surface area (Å²) in [6.07, 6.45) is 0. The Morgan fingerprint density at radius 3 is 2.12 bits per heavy atom. The summed E-state index contributed by atoms with van der Waals surface area (Å²) in [6, 6.07) is 23.6. The summed E-state index contributed by atoms with van der Waals surface area (Å²) in [4.78, 5) is 13.1. The maximum Gasteiger partial charge on any atom is 0.264 e. The molecular weight excluding hydrogens is 570 g/mol. The van der Waals surface area contributed by atoms with Gasteiger partial charge in [-0.15, -0.1) is 0 Å². The number of carbonyl (C=O) groups is 1. The number of aryl methyl sites for hydroxylation is 2. The van der Waals surface area contributed by atoms with E-state index < -0.39 is 32.5 Å². The highest BCUT2D eigenvalue weighted by atomic mass is 35.5. The highest BCUT2D eigenvalue weighted by molar-refractivity contribution is 7.93. The molecule has 2 N–H and O–H groups in total. The molecule has 0 aliphatic rings. The summed E-state index contributed by atoms with van der Waals surface area (Å²) in [5, 5.41) is 3.01. The zero-order chi connectivity index (χ0) is 29.1. The number of hydrogen-bond donors (Lipinski definition) is 2. The first-order valence-corrected chi connectivity index (χ1v) is 15.5. The molecule has 0 atom stereocenters. The van der Waals surface area contributed by atoms with Crippen LogP contribution in [0.15, 0.2) is 101 Å². The van der Waals surface area contributed by atoms with Gasteiger partial charge in [-0.3, -0.25) is 13.8 Å². The Kier molecular flexibility index (Phi) is 8.53. The molecular formula is C29H28ClN3O5S2. The number of rotatable bonds is 9. The third kappa shape index (κ3) is 6.47. The van der Waals surface area contributed by atoms with Crippen molar-refractivity contribution in [2.75, 3.05) is 20.9 Å². The SMILES string of the molecule is Cc1ccc(NS(=O)(=O)c2ccc(NC(=O)CN(c3cccc(Cl)c3C)S(=O)(=O)c3ccccc3)cc2)c(C)c1. The van der Waals surface area contributed by atoms with Crippen molar-refractivity contribution < 1.29 is 21.6 Å². The molecule has 11 heteroatoms. The fourth-order valence-corrected chi connectivity index (χ4v) is 6.87. The quantitative estimate of drug-likeness (QED) is 0.249. The van der Waals surface area contributed by atoms with Gasteiger partial charge in [0.15, 0.2) is 0 Å². The lowest BCUT2D eigenvalue weighted by atomic mass is 10.1. The van der Waals surface area contributed by atoms with Gasteiger partial charge in [-0.1, -0.05) is 53.6 Å². The second-order valence-corrected chi connectivity index (χ2v) is 13.2. The van der Waals surface area contributed by atoms with Crippen LogP contribution in [0.1, 0.15) is 16.7 Å². The first-order valence-electron chi connectivity index (χ1n) is 12.2. The van der Waals surface area contributed by atoms with E-state index in [1.54, 1.807) is 49.4 Å². The van der Waals surface area contributed by atoms with Crippen molar-refractivity contribution in [3.63, 3.8) is 0 Å². The molecule has 0 aromatic heterocycles. The number of halogens is 1. The molecule has 0 aliphatic carbocycles. The fraction of sp³-hybridized carbons (Fsp3) is 0.138. The minimum atomic E-state index is -4.12. The Hall–Kier alpha value is -3.86. The van der Waals surface area contributed by atoms with Crippen molar-refractivity contribution in [2.24, 2.45) is 0 Å². The highest BCUT2D eigenvalue weighted by Crippen LogP contribution is 2.31. The van der Waals surface area contributed by atoms with Crippen molar-refractivity contribution in [1.82, 2.24) is 0 Å². The molecule has 0 aliphatic heterocycles. The van der Waals surface area contributed by atoms with Gasteiger partial charge < -0.3 is 5.32 Å². The van der Waals surface area contributed by atoms with Crippen molar-refractivity contribution in [1.29, 1.82) is 0 Å². The van der Waals surface area contributed by atoms with E-state index in [9.17, 15) is 21.6 Å². The molecule has 0 saturated carbocycles. The molecule has 0 unspecified atom stereocenters. The van der Waals surface area contributed by atoms with Gasteiger partial charge >= 0.3 is 0 Å². The number of benzene rings is 4. The van der Waals surface area contributed by atoms with Crippen LogP contribution in [0.5, 0.6) is 0 Å². The molecule has 4 aromatic rings. The molecule has 4 rings (SSSR count). The first-order chi connectivity index (χ1) is 18.9. The molecule has 0 radical (unpaired) electrons. The number of anilines is 3. The minimum Gasteiger partial charge on any atom is -0.325 e. The van der Waals surface area contributed by atoms with E-state index >= 15 is 0 Å². The maximum absolute atomic E-state index is 13.6. The van der Waals surface area contributed by atoms with E-state index in [1.165, 1.54) is 36.4 Å². The molecule has 208 valence electrons. The van der Waals surface area contributed by atoms with Gasteiger partial charge in [0, 0.05) is 10.7 Å². The number of nitrogens with one attached hydrogen (secondary N) is 2. The van der Waals surface area contributed by atoms with Gasteiger partial charge in [0.05, 0.1) is 21.2 Å². The fourth-order valence-electron chi connectivity index (χ4n) is 4.07. The average Bonchev–Trinajstić information content (AvgIpc) is 2.91. The number of carbonyl (C=O) groups excluding carboxylic acids is 1. The molecule has 0 saturated heterocycles. The average molecular weight is 598 g/mol. The Labute approximate surface area is 239 Å². The first kappa shape index (κ1) is 29.1. The van der Waals surface area contributed by atoms with E-state index in [0.717, 1.165) is 15.4 Å². The second-order valence-electron chi connectivity index (χ2n) is 9.21. The summed E-state index contributed by atoms with van der Waals surface area (Å²) in [5.74, 6) is -0.622. The molecule has 4 aromatic carbocycles. The van der Waals surface area contributed by atoms with Gasteiger partial charge in [0.2, 0.25) is 5.91 Å². The van der Waals surface area contributed by atoms with Crippen molar-refractivity contribution in [3.8, 4) is 0 Å². The summed E-state index contributed by atoms with van der Waals surface area (Å²) >= 11 is 6.26. The zero-order valence-corrected chi connectivity index (χ0v) is 24.4. The van der Waals surface area contributed by atoms with Crippen molar-refractivity contribution in [3.05, 3.63) is 113 Å². The lowest BCUT2D eigenvalue weighted by Crippen LogP contribution is -2.38. The monoisotopic (exact) mass is 597 g/mol. The maximum atomic E-state index is 13.6. The second kappa shape index (κ2) is 11.7. The zero-order valence-electron chi connectivity index (χ0n) is 22.1. The van der Waals surface area contributed by atoms with Crippen LogP contribution in [0.2, 0.25) is 5.02 Å². The van der Waals surface area contributed by atoms with Gasteiger partial charge in [0.25, 0.3) is 20.0 Å². The molecule has 0 bridgehead atoms. The molecule has 8 nitrogen and oxygen atoms in total. The predicted octanol–water partition coefficient (Wildman–Crippen LogP) is 5.90. The lowest BCUT2D eigenvalue weighted by Gasteiger charge is -2.26. The number of sulfonamides is 2. The summed E-state index contributed by atoms with van der Waals surface area (Å²) < 4.78 is 56.5. The van der Waals surface area contributed by atoms with Gasteiger partial charge in [-0.25, -0.2) is 16.8 Å². The van der Waals surface area contributed by atoms with Crippen LogP contribution in [0.25, 0.3) is 0 Å². The lowest BCUT2D eigenvalue weighted by molar-refractivity contribution is -0.114. The third-order valence-electron chi connectivity index (χ3n) is 6.20. The topological polar surface area (TPSA) is 113 Å². The van der Waals surface area contributed by atoms with E-state index in [4.69, 9.17) is 11.6 Å². The summed E-state index contributed by atoms with van der Waals surface area (Å²) in [7, 11) is -7.99. The van der Waals surface area contributed by atoms with Crippen LogP contribution < -0.4 is 14.3 Å². The van der Waals surface area contributed by atoms with Crippen LogP contribution in [0.4, 0.5) is 17.1 Å². The Balaban J connectivity index is 1.55. The molecule has 0 heterocycles. The van der Waals surface area contributed by atoms with E-state index in [-0.39, 0.29) is 15.5 Å². The minimum absolute atomic E-state index is 0.00769.